The molecule has 2 heterocycles. The van der Waals surface area contributed by atoms with Crippen molar-refractivity contribution in [3.63, 3.8) is 0 Å². The Morgan fingerprint density at radius 2 is 2.04 bits per heavy atom. The summed E-state index contributed by atoms with van der Waals surface area (Å²) < 4.78 is 5.39. The Bertz CT molecular complexity index is 677. The molecule has 3 atom stereocenters. The van der Waals surface area contributed by atoms with E-state index in [1.165, 1.54) is 4.90 Å². The molecule has 3 rings (SSSR count). The van der Waals surface area contributed by atoms with Crippen molar-refractivity contribution in [2.75, 3.05) is 6.61 Å². The zero-order valence-corrected chi connectivity index (χ0v) is 13.0. The number of fused-ring (bicyclic) bond motifs is 1. The summed E-state index contributed by atoms with van der Waals surface area (Å²) in [5.74, 6) is -1.24. The molecule has 2 N–H and O–H groups in total. The van der Waals surface area contributed by atoms with Crippen molar-refractivity contribution in [2.45, 2.75) is 32.4 Å². The number of carboxylic acid groups (broad SMARTS) is 1. The van der Waals surface area contributed by atoms with Gasteiger partial charge in [-0.1, -0.05) is 12.1 Å². The highest BCUT2D eigenvalue weighted by molar-refractivity contribution is 6.06. The van der Waals surface area contributed by atoms with Gasteiger partial charge in [-0.25, -0.2) is 4.79 Å². The van der Waals surface area contributed by atoms with Crippen LogP contribution in [0.4, 0.5) is 0 Å². The third-order valence-electron chi connectivity index (χ3n) is 4.44. The lowest BCUT2D eigenvalue weighted by atomic mass is 9.82. The number of aliphatic carboxylic acids is 1. The predicted molar refractivity (Wildman–Crippen MR) is 82.6 cm³/mol. The molecule has 0 unspecified atom stereocenters. The van der Waals surface area contributed by atoms with Gasteiger partial charge in [-0.15, -0.1) is 0 Å². The molecule has 1 amide bonds. The minimum absolute atomic E-state index is 0.0288. The molecule has 2 aliphatic heterocycles. The minimum Gasteiger partial charge on any atom is -0.494 e. The molecule has 1 saturated heterocycles. The Hall–Kier alpha value is -2.34. The fourth-order valence-corrected chi connectivity index (χ4v) is 3.45. The van der Waals surface area contributed by atoms with Gasteiger partial charge in [0.15, 0.2) is 0 Å². The maximum Gasteiger partial charge on any atom is 0.352 e. The molecule has 1 aromatic rings. The number of ether oxygens (including phenoxy) is 1. The van der Waals surface area contributed by atoms with E-state index in [9.17, 15) is 19.8 Å². The zero-order chi connectivity index (χ0) is 16.7. The van der Waals surface area contributed by atoms with Crippen LogP contribution >= 0.6 is 0 Å². The fourth-order valence-electron chi connectivity index (χ4n) is 3.45. The number of benzene rings is 1. The molecule has 2 aliphatic rings. The number of nitrogens with zero attached hydrogens (tertiary/aromatic N) is 1. The van der Waals surface area contributed by atoms with Crippen molar-refractivity contribution in [1.29, 1.82) is 0 Å². The van der Waals surface area contributed by atoms with Crippen LogP contribution in [0.5, 0.6) is 5.75 Å². The van der Waals surface area contributed by atoms with Crippen LogP contribution in [-0.2, 0) is 9.59 Å². The van der Waals surface area contributed by atoms with Crippen molar-refractivity contribution < 1.29 is 24.5 Å². The van der Waals surface area contributed by atoms with Crippen LogP contribution in [0.2, 0.25) is 0 Å². The molecule has 0 spiro atoms. The van der Waals surface area contributed by atoms with Crippen LogP contribution in [0.3, 0.4) is 0 Å². The summed E-state index contributed by atoms with van der Waals surface area (Å²) in [7, 11) is 0. The first-order valence-corrected chi connectivity index (χ1v) is 7.66. The number of carbonyl (C=O) groups is 2. The van der Waals surface area contributed by atoms with Gasteiger partial charge in [0.2, 0.25) is 5.91 Å². The lowest BCUT2D eigenvalue weighted by Gasteiger charge is -2.44. The van der Waals surface area contributed by atoms with Crippen molar-refractivity contribution in [3.05, 3.63) is 35.5 Å². The van der Waals surface area contributed by atoms with Crippen molar-refractivity contribution in [1.82, 2.24) is 4.90 Å². The van der Waals surface area contributed by atoms with Crippen molar-refractivity contribution in [3.8, 4) is 5.75 Å². The van der Waals surface area contributed by atoms with Gasteiger partial charge in [-0.2, -0.15) is 0 Å². The number of β-lactam (4-membered cyclic amide) rings is 1. The van der Waals surface area contributed by atoms with E-state index in [0.29, 0.717) is 24.4 Å². The molecular formula is C17H19NO5. The Balaban J connectivity index is 1.95. The first-order valence-electron chi connectivity index (χ1n) is 7.66. The number of rotatable bonds is 5. The van der Waals surface area contributed by atoms with Crippen molar-refractivity contribution in [2.24, 2.45) is 5.92 Å². The van der Waals surface area contributed by atoms with Gasteiger partial charge in [0.05, 0.1) is 24.7 Å². The largest absolute Gasteiger partial charge is 0.494 e. The first-order chi connectivity index (χ1) is 11.0. The standard InChI is InChI=1S/C17H19NO5/c1-3-23-11-6-4-10(5-7-11)12-8-13-14(9(2)19)16(20)18(13)15(12)17(21)22/h4-7,9,13-14,19H,3,8H2,1-2H3,(H,21,22)/t9-,13-,14-/m1/s1. The van der Waals surface area contributed by atoms with Crippen LogP contribution < -0.4 is 4.74 Å². The number of aliphatic hydroxyl groups excluding tert-OH is 1. The van der Waals surface area contributed by atoms with Crippen molar-refractivity contribution >= 4 is 17.4 Å². The number of carbonyl (C=O) groups excluding carboxylic acids is 1. The van der Waals surface area contributed by atoms with Gasteiger partial charge in [0.1, 0.15) is 11.4 Å². The molecule has 23 heavy (non-hydrogen) atoms. The highest BCUT2D eigenvalue weighted by atomic mass is 16.5. The molecule has 6 heteroatoms. The third kappa shape index (κ3) is 2.39. The Labute approximate surface area is 134 Å². The molecule has 1 fully saturated rings. The average Bonchev–Trinajstić information content (AvgIpc) is 2.83. The lowest BCUT2D eigenvalue weighted by molar-refractivity contribution is -0.161. The van der Waals surface area contributed by atoms with Crippen LogP contribution in [0.1, 0.15) is 25.8 Å². The smallest absolute Gasteiger partial charge is 0.352 e. The Morgan fingerprint density at radius 3 is 2.57 bits per heavy atom. The SMILES string of the molecule is CCOc1ccc(C2=C(C(=O)O)N3C(=O)[C@H]([C@@H](C)O)[C@H]3C2)cc1. The van der Waals surface area contributed by atoms with Gasteiger partial charge < -0.3 is 19.8 Å². The minimum atomic E-state index is -1.12. The second-order valence-electron chi connectivity index (χ2n) is 5.84. The van der Waals surface area contributed by atoms with Crippen LogP contribution in [0.25, 0.3) is 5.57 Å². The number of carboxylic acids is 1. The van der Waals surface area contributed by atoms with Gasteiger partial charge in [0.25, 0.3) is 0 Å². The first kappa shape index (κ1) is 15.6. The van der Waals surface area contributed by atoms with Gasteiger partial charge >= 0.3 is 5.97 Å². The molecule has 1 aromatic carbocycles. The quantitative estimate of drug-likeness (QED) is 0.804. The number of hydrogen-bond donors (Lipinski definition) is 2. The van der Waals surface area contributed by atoms with E-state index in [1.54, 1.807) is 31.2 Å². The van der Waals surface area contributed by atoms with E-state index in [4.69, 9.17) is 4.74 Å². The maximum absolute atomic E-state index is 12.2. The monoisotopic (exact) mass is 317 g/mol. The summed E-state index contributed by atoms with van der Waals surface area (Å²) >= 11 is 0. The van der Waals surface area contributed by atoms with E-state index >= 15 is 0 Å². The molecule has 0 radical (unpaired) electrons. The van der Waals surface area contributed by atoms with E-state index < -0.39 is 18.0 Å². The molecular weight excluding hydrogens is 298 g/mol. The van der Waals surface area contributed by atoms with E-state index in [-0.39, 0.29) is 17.6 Å². The zero-order valence-electron chi connectivity index (χ0n) is 13.0. The highest BCUT2D eigenvalue weighted by Crippen LogP contribution is 2.46. The third-order valence-corrected chi connectivity index (χ3v) is 4.44. The molecule has 0 saturated carbocycles. The average molecular weight is 317 g/mol. The number of amides is 1. The maximum atomic E-state index is 12.2. The van der Waals surface area contributed by atoms with Gasteiger partial charge in [-0.05, 0) is 43.5 Å². The van der Waals surface area contributed by atoms with Gasteiger partial charge in [-0.3, -0.25) is 4.79 Å². The van der Waals surface area contributed by atoms with Crippen LogP contribution in [-0.4, -0.2) is 45.7 Å². The molecule has 0 aliphatic carbocycles. The summed E-state index contributed by atoms with van der Waals surface area (Å²) in [6, 6.07) is 6.91. The topological polar surface area (TPSA) is 87.1 Å². The van der Waals surface area contributed by atoms with E-state index in [1.807, 2.05) is 6.92 Å². The van der Waals surface area contributed by atoms with E-state index in [0.717, 1.165) is 5.56 Å². The molecule has 0 bridgehead atoms. The number of aliphatic hydroxyl groups is 1. The van der Waals surface area contributed by atoms with Crippen LogP contribution in [0.15, 0.2) is 30.0 Å². The molecule has 6 nitrogen and oxygen atoms in total. The summed E-state index contributed by atoms with van der Waals surface area (Å²) in [5, 5.41) is 19.2. The van der Waals surface area contributed by atoms with E-state index in [2.05, 4.69) is 0 Å². The Morgan fingerprint density at radius 1 is 1.39 bits per heavy atom. The summed E-state index contributed by atoms with van der Waals surface area (Å²) in [6.07, 6.45) is -0.338. The summed E-state index contributed by atoms with van der Waals surface area (Å²) in [6.45, 7) is 4.01. The molecule has 0 aromatic heterocycles. The normalized spacial score (nSPS) is 24.3. The second kappa shape index (κ2) is 5.70. The summed E-state index contributed by atoms with van der Waals surface area (Å²) in [4.78, 5) is 25.1. The predicted octanol–water partition coefficient (Wildman–Crippen LogP) is 1.49. The Kier molecular flexibility index (Phi) is 3.85. The highest BCUT2D eigenvalue weighted by Gasteiger charge is 2.56. The van der Waals surface area contributed by atoms with Gasteiger partial charge in [0, 0.05) is 0 Å². The number of hydrogen-bond acceptors (Lipinski definition) is 4. The second-order valence-corrected chi connectivity index (χ2v) is 5.84. The fraction of sp³-hybridized carbons (Fsp3) is 0.412. The molecule has 122 valence electrons. The van der Waals surface area contributed by atoms with Crippen LogP contribution in [0, 0.1) is 5.92 Å². The lowest BCUT2D eigenvalue weighted by Crippen LogP contribution is -2.61. The summed E-state index contributed by atoms with van der Waals surface area (Å²) in [5.41, 5.74) is 1.42.